The molecule has 1 saturated heterocycles. The first-order valence-corrected chi connectivity index (χ1v) is 10.3. The van der Waals surface area contributed by atoms with Gasteiger partial charge in [0, 0.05) is 37.2 Å². The fraction of sp³-hybridized carbons (Fsp3) is 0.333. The Morgan fingerprint density at radius 2 is 1.83 bits per heavy atom. The van der Waals surface area contributed by atoms with Crippen LogP contribution in [0.5, 0.6) is 0 Å². The number of nitrogens with zero attached hydrogens (tertiary/aromatic N) is 2. The Labute approximate surface area is 172 Å². The lowest BCUT2D eigenvalue weighted by Crippen LogP contribution is -2.68. The topological polar surface area (TPSA) is 57.3 Å². The number of aryl methyl sites for hydroxylation is 1. The molecule has 4 rings (SSSR count). The minimum absolute atomic E-state index is 0.0863. The highest BCUT2D eigenvalue weighted by Crippen LogP contribution is 2.28. The summed E-state index contributed by atoms with van der Waals surface area (Å²) >= 11 is 0. The summed E-state index contributed by atoms with van der Waals surface area (Å²) in [6, 6.07) is 11.7. The van der Waals surface area contributed by atoms with E-state index in [1.165, 1.54) is 0 Å². The molecule has 1 amide bonds. The fourth-order valence-electron chi connectivity index (χ4n) is 3.94. The molecule has 2 N–H and O–H groups in total. The minimum atomic E-state index is -0.755. The Balaban J connectivity index is 1.68. The van der Waals surface area contributed by atoms with Crippen LogP contribution in [0.3, 0.4) is 0 Å². The highest BCUT2D eigenvalue weighted by Gasteiger charge is 2.39. The highest BCUT2D eigenvalue weighted by molar-refractivity contribution is 5.95. The maximum atomic E-state index is 13.1. The number of likely N-dealkylation sites (tertiary alicyclic amines) is 1. The van der Waals surface area contributed by atoms with Crippen LogP contribution in [-0.2, 0) is 0 Å². The van der Waals surface area contributed by atoms with Crippen molar-refractivity contribution in [1.82, 2.24) is 20.5 Å². The van der Waals surface area contributed by atoms with Crippen molar-refractivity contribution in [3.63, 3.8) is 0 Å². The predicted octanol–water partition coefficient (Wildman–Crippen LogP) is 3.71. The van der Waals surface area contributed by atoms with Gasteiger partial charge in [-0.2, -0.15) is 0 Å². The van der Waals surface area contributed by atoms with Gasteiger partial charge in [0.2, 0.25) is 0 Å². The Kier molecular flexibility index (Phi) is 5.49. The quantitative estimate of drug-likeness (QED) is 0.838. The molecule has 2 aliphatic heterocycles. The number of benzene rings is 1. The molecule has 0 radical (unpaired) electrons. The van der Waals surface area contributed by atoms with Crippen LogP contribution in [0.15, 0.2) is 67.1 Å². The lowest BCUT2D eigenvalue weighted by molar-refractivity contribution is 0.0392. The van der Waals surface area contributed by atoms with E-state index in [0.29, 0.717) is 11.5 Å². The lowest BCUT2D eigenvalue weighted by atomic mass is 9.95. The van der Waals surface area contributed by atoms with Crippen molar-refractivity contribution in [3.05, 3.63) is 83.8 Å². The molecule has 29 heavy (non-hydrogen) atoms. The lowest BCUT2D eigenvalue weighted by Gasteiger charge is -2.46. The summed E-state index contributed by atoms with van der Waals surface area (Å²) in [7, 11) is 0. The zero-order chi connectivity index (χ0) is 20.3. The van der Waals surface area contributed by atoms with E-state index < -0.39 is 5.79 Å². The van der Waals surface area contributed by atoms with Crippen molar-refractivity contribution in [2.24, 2.45) is 5.92 Å². The third-order valence-electron chi connectivity index (χ3n) is 5.84. The summed E-state index contributed by atoms with van der Waals surface area (Å²) in [5, 5.41) is 6.74. The van der Waals surface area contributed by atoms with Gasteiger partial charge in [-0.3, -0.25) is 14.7 Å². The van der Waals surface area contributed by atoms with Gasteiger partial charge in [0.05, 0.1) is 0 Å². The van der Waals surface area contributed by atoms with E-state index in [2.05, 4.69) is 33.5 Å². The number of nitrogens with one attached hydrogen (secondary N) is 2. The molecule has 2 aromatic rings. The van der Waals surface area contributed by atoms with E-state index in [-0.39, 0.29) is 5.91 Å². The van der Waals surface area contributed by atoms with Crippen LogP contribution in [0.1, 0.15) is 41.3 Å². The number of aromatic nitrogens is 1. The Hall–Kier alpha value is -2.92. The van der Waals surface area contributed by atoms with Gasteiger partial charge in [-0.15, -0.1) is 0 Å². The van der Waals surface area contributed by atoms with E-state index in [9.17, 15) is 4.79 Å². The van der Waals surface area contributed by atoms with Gasteiger partial charge in [0.25, 0.3) is 5.91 Å². The van der Waals surface area contributed by atoms with E-state index >= 15 is 0 Å². The molecule has 5 heteroatoms. The second kappa shape index (κ2) is 8.21. The van der Waals surface area contributed by atoms with Crippen molar-refractivity contribution in [3.8, 4) is 0 Å². The van der Waals surface area contributed by atoms with E-state index in [0.717, 1.165) is 42.6 Å². The van der Waals surface area contributed by atoms with Gasteiger partial charge in [0.1, 0.15) is 0 Å². The minimum Gasteiger partial charge on any atom is -0.353 e. The molecule has 3 heterocycles. The first-order chi connectivity index (χ1) is 14.1. The van der Waals surface area contributed by atoms with Gasteiger partial charge in [-0.05, 0) is 73.2 Å². The highest BCUT2D eigenvalue weighted by atomic mass is 16.2. The molecular weight excluding hydrogens is 360 g/mol. The maximum absolute atomic E-state index is 13.1. The normalized spacial score (nSPS) is 22.6. The average Bonchev–Trinajstić information content (AvgIpc) is 2.75. The van der Waals surface area contributed by atoms with Gasteiger partial charge in [-0.25, -0.2) is 0 Å². The summed E-state index contributed by atoms with van der Waals surface area (Å²) < 4.78 is 0. The van der Waals surface area contributed by atoms with Gasteiger partial charge in [-0.1, -0.05) is 24.6 Å². The van der Waals surface area contributed by atoms with Crippen LogP contribution in [-0.4, -0.2) is 34.7 Å². The van der Waals surface area contributed by atoms with Crippen molar-refractivity contribution in [2.75, 3.05) is 13.1 Å². The monoisotopic (exact) mass is 388 g/mol. The standard InChI is InChI=1S/C24H28N4O/c1-18-3-5-21(6-4-18)23(29)27-24(28-15-10-19(2)11-16-28)17-22(9-14-26-24)20-7-12-25-13-8-20/h3-9,12-14,17,19,26H,10-11,15-16H2,1-2H3,(H,27,29). The molecule has 2 aliphatic rings. The molecule has 1 unspecified atom stereocenters. The molecule has 0 spiro atoms. The van der Waals surface area contributed by atoms with Crippen LogP contribution in [0.2, 0.25) is 0 Å². The Bertz CT molecular complexity index is 912. The van der Waals surface area contributed by atoms with Crippen LogP contribution in [0, 0.1) is 12.8 Å². The van der Waals surface area contributed by atoms with Gasteiger partial charge in [0.15, 0.2) is 5.79 Å². The SMILES string of the molecule is Cc1ccc(C(=O)NC2(N3CCC(C)CC3)C=C(c3ccncc3)C=CN2)cc1. The van der Waals surface area contributed by atoms with Crippen LogP contribution >= 0.6 is 0 Å². The molecule has 0 bridgehead atoms. The van der Waals surface area contributed by atoms with Crippen molar-refractivity contribution in [2.45, 2.75) is 32.5 Å². The van der Waals surface area contributed by atoms with Crippen molar-refractivity contribution < 1.29 is 4.79 Å². The first-order valence-electron chi connectivity index (χ1n) is 10.3. The number of carbonyl (C=O) groups is 1. The largest absolute Gasteiger partial charge is 0.353 e. The zero-order valence-electron chi connectivity index (χ0n) is 17.1. The second-order valence-corrected chi connectivity index (χ2v) is 8.07. The number of carbonyl (C=O) groups excluding carboxylic acids is 1. The summed E-state index contributed by atoms with van der Waals surface area (Å²) in [4.78, 5) is 19.6. The van der Waals surface area contributed by atoms with Crippen LogP contribution < -0.4 is 10.6 Å². The van der Waals surface area contributed by atoms with Crippen LogP contribution in [0.4, 0.5) is 0 Å². The molecule has 0 aliphatic carbocycles. The van der Waals surface area contributed by atoms with E-state index in [1.54, 1.807) is 12.4 Å². The molecule has 1 atom stereocenters. The zero-order valence-corrected chi connectivity index (χ0v) is 17.1. The average molecular weight is 389 g/mol. The Morgan fingerprint density at radius 1 is 1.14 bits per heavy atom. The maximum Gasteiger partial charge on any atom is 0.254 e. The number of hydrogen-bond acceptors (Lipinski definition) is 4. The summed E-state index contributed by atoms with van der Waals surface area (Å²) in [6.07, 6.45) is 11.9. The number of rotatable bonds is 4. The molecular formula is C24H28N4O. The fourth-order valence-corrected chi connectivity index (χ4v) is 3.94. The first kappa shape index (κ1) is 19.4. The van der Waals surface area contributed by atoms with E-state index in [4.69, 9.17) is 0 Å². The molecule has 0 saturated carbocycles. The number of dihydropyridines is 1. The third-order valence-corrected chi connectivity index (χ3v) is 5.84. The summed E-state index contributed by atoms with van der Waals surface area (Å²) in [5.41, 5.74) is 3.95. The molecule has 1 fully saturated rings. The van der Waals surface area contributed by atoms with Crippen molar-refractivity contribution >= 4 is 11.5 Å². The van der Waals surface area contributed by atoms with Gasteiger partial charge < -0.3 is 10.6 Å². The number of allylic oxidation sites excluding steroid dienone is 2. The van der Waals surface area contributed by atoms with Gasteiger partial charge >= 0.3 is 0 Å². The Morgan fingerprint density at radius 3 is 2.52 bits per heavy atom. The van der Waals surface area contributed by atoms with Crippen molar-refractivity contribution in [1.29, 1.82) is 0 Å². The smallest absolute Gasteiger partial charge is 0.254 e. The van der Waals surface area contributed by atoms with Crippen LogP contribution in [0.25, 0.3) is 5.57 Å². The molecule has 150 valence electrons. The second-order valence-electron chi connectivity index (χ2n) is 8.07. The number of hydrogen-bond donors (Lipinski definition) is 2. The molecule has 1 aromatic carbocycles. The van der Waals surface area contributed by atoms with E-state index in [1.807, 2.05) is 55.6 Å². The third kappa shape index (κ3) is 4.25. The number of pyridine rings is 1. The predicted molar refractivity (Wildman–Crippen MR) is 116 cm³/mol. The number of amides is 1. The molecule has 5 nitrogen and oxygen atoms in total. The summed E-state index contributed by atoms with van der Waals surface area (Å²) in [5.74, 6) is -0.134. The summed E-state index contributed by atoms with van der Waals surface area (Å²) in [6.45, 7) is 6.17. The molecule has 1 aromatic heterocycles. The number of piperidine rings is 1.